The summed E-state index contributed by atoms with van der Waals surface area (Å²) in [5, 5.41) is 33.4. The van der Waals surface area contributed by atoms with Gasteiger partial charge in [-0.2, -0.15) is 0 Å². The van der Waals surface area contributed by atoms with Gasteiger partial charge in [0.1, 0.15) is 17.5 Å². The van der Waals surface area contributed by atoms with Crippen molar-refractivity contribution in [1.29, 1.82) is 0 Å². The first-order valence-corrected chi connectivity index (χ1v) is 32.2. The number of fused-ring (bicyclic) bond motifs is 3. The molecule has 0 bridgehead atoms. The summed E-state index contributed by atoms with van der Waals surface area (Å²) in [6, 6.07) is 55.1. The topological polar surface area (TPSA) is 196 Å². The van der Waals surface area contributed by atoms with Crippen molar-refractivity contribution in [1.82, 2.24) is 43.8 Å². The molecule has 6 aromatic heterocycles. The Hall–Kier alpha value is -9.63. The third kappa shape index (κ3) is 15.4. The van der Waals surface area contributed by atoms with E-state index in [9.17, 15) is 27.6 Å². The van der Waals surface area contributed by atoms with Gasteiger partial charge in [-0.3, -0.25) is 27.6 Å². The zero-order chi connectivity index (χ0) is 68.0. The Morgan fingerprint density at radius 1 is 0.469 bits per heavy atom. The molecule has 3 N–H and O–H groups in total. The van der Waals surface area contributed by atoms with Crippen molar-refractivity contribution < 1.29 is 36.9 Å². The molecule has 0 radical (unpaired) electrons. The Balaban J connectivity index is 0.000000136. The van der Waals surface area contributed by atoms with Crippen LogP contribution in [-0.2, 0) is 9.31 Å². The molecule has 3 amide bonds. The standard InChI is InChI=1S/C26H19FN4O.C20H14ClFN4O.C19H20BFINO3.C6H3BrClN3/c1-17-9-10-19(16-23(17)26(32)28-21-13-11-20(27)12-14-21)22-8-5-15-31-24(29-30-25(22)31)18-6-3-2-4-7-18;1-12-4-5-13(16-3-2-10-26-18(16)24-25-20(26)21)11-17(12)19(27)23-15-8-6-14(22)7-9-15;1-18(2)19(3,4)26-20(25-18)12-5-10-16(22)15(11-12)17(24)23-14-8-6-13(21)7-9-14;7-4-2-1-3-11-5(4)9-10-6(11)8/h2-16H,1H3,(H,28,32);2-11H,1H3,(H,23,27);5-11H,1-4H3,(H,23,24);1-3H. The lowest BCUT2D eigenvalue weighted by Crippen LogP contribution is -2.41. The van der Waals surface area contributed by atoms with Crippen LogP contribution in [-0.4, -0.2) is 79.8 Å². The average molecular weight is 1500 g/mol. The van der Waals surface area contributed by atoms with Crippen molar-refractivity contribution in [3.05, 3.63) is 277 Å². The minimum Gasteiger partial charge on any atom is -0.399 e. The van der Waals surface area contributed by atoms with E-state index >= 15 is 0 Å². The zero-order valence-electron chi connectivity index (χ0n) is 52.0. The molecule has 7 heterocycles. The smallest absolute Gasteiger partial charge is 0.399 e. The van der Waals surface area contributed by atoms with Crippen LogP contribution in [0.15, 0.2) is 217 Å². The monoisotopic (exact) mass is 1500 g/mol. The largest absolute Gasteiger partial charge is 0.494 e. The lowest BCUT2D eigenvalue weighted by atomic mass is 9.78. The molecule has 0 unspecified atom stereocenters. The Labute approximate surface area is 581 Å². The molecular weight excluding hydrogens is 1450 g/mol. The number of anilines is 3. The van der Waals surface area contributed by atoms with Crippen LogP contribution in [0.2, 0.25) is 10.6 Å². The second-order valence-electron chi connectivity index (χ2n) is 22.9. The second-order valence-corrected chi connectivity index (χ2v) is 25.6. The number of aryl methyl sites for hydroxylation is 2. The van der Waals surface area contributed by atoms with E-state index in [1.165, 1.54) is 72.8 Å². The molecule has 0 saturated carbocycles. The number of amides is 3. The minimum absolute atomic E-state index is 0.255. The number of nitrogens with zero attached hydrogens (tertiary/aromatic N) is 9. The van der Waals surface area contributed by atoms with Crippen LogP contribution in [0.4, 0.5) is 30.2 Å². The van der Waals surface area contributed by atoms with Crippen molar-refractivity contribution in [2.75, 3.05) is 16.0 Å². The van der Waals surface area contributed by atoms with Crippen molar-refractivity contribution >= 4 is 126 Å². The highest BCUT2D eigenvalue weighted by atomic mass is 127. The third-order valence-electron chi connectivity index (χ3n) is 15.9. The van der Waals surface area contributed by atoms with Crippen LogP contribution >= 0.6 is 61.7 Å². The number of aromatic nitrogens is 9. The number of carbonyl (C=O) groups excluding carboxylic acids is 3. The summed E-state index contributed by atoms with van der Waals surface area (Å²) in [6.45, 7) is 11.7. The van der Waals surface area contributed by atoms with Crippen LogP contribution in [0.25, 0.3) is 50.6 Å². The van der Waals surface area contributed by atoms with E-state index in [-0.39, 0.29) is 40.5 Å². The summed E-state index contributed by atoms with van der Waals surface area (Å²) in [5.41, 5.74) is 11.1. The van der Waals surface area contributed by atoms with Crippen LogP contribution in [0.3, 0.4) is 0 Å². The Morgan fingerprint density at radius 3 is 1.36 bits per heavy atom. The summed E-state index contributed by atoms with van der Waals surface area (Å²) in [4.78, 5) is 38.3. The highest BCUT2D eigenvalue weighted by Crippen LogP contribution is 2.37. The summed E-state index contributed by atoms with van der Waals surface area (Å²) in [5.74, 6) is -1.09. The Morgan fingerprint density at radius 2 is 0.885 bits per heavy atom. The van der Waals surface area contributed by atoms with Crippen LogP contribution in [0.5, 0.6) is 0 Å². The zero-order valence-corrected chi connectivity index (χ0v) is 57.3. The Bertz CT molecular complexity index is 5010. The van der Waals surface area contributed by atoms with Crippen LogP contribution in [0.1, 0.15) is 69.9 Å². The quantitative estimate of drug-likeness (QED) is 0.0870. The van der Waals surface area contributed by atoms with Gasteiger partial charge in [-0.1, -0.05) is 60.7 Å². The molecule has 1 aliphatic rings. The molecule has 1 fully saturated rings. The fourth-order valence-electron chi connectivity index (χ4n) is 10.0. The minimum atomic E-state index is -0.533. The van der Waals surface area contributed by atoms with E-state index in [2.05, 4.69) is 85.1 Å². The van der Waals surface area contributed by atoms with Gasteiger partial charge in [-0.25, -0.2) is 13.2 Å². The van der Waals surface area contributed by atoms with Crippen molar-refractivity contribution in [3.63, 3.8) is 0 Å². The molecule has 25 heteroatoms. The van der Waals surface area contributed by atoms with Gasteiger partial charge in [0.05, 0.1) is 21.2 Å². The predicted octanol–water partition coefficient (Wildman–Crippen LogP) is 16.6. The maximum absolute atomic E-state index is 13.2. The fraction of sp³-hybridized carbons (Fsp3) is 0.113. The third-order valence-corrected chi connectivity index (χ3v) is 17.9. The highest BCUT2D eigenvalue weighted by molar-refractivity contribution is 14.1. The highest BCUT2D eigenvalue weighted by Gasteiger charge is 2.52. The summed E-state index contributed by atoms with van der Waals surface area (Å²) >= 11 is 17.2. The molecule has 0 aliphatic carbocycles. The van der Waals surface area contributed by atoms with E-state index in [1.54, 1.807) is 27.1 Å². The molecule has 0 atom stereocenters. The normalized spacial score (nSPS) is 12.8. The lowest BCUT2D eigenvalue weighted by molar-refractivity contribution is 0.00578. The van der Waals surface area contributed by atoms with Gasteiger partial charge >= 0.3 is 7.12 Å². The first-order chi connectivity index (χ1) is 46.0. The van der Waals surface area contributed by atoms with E-state index in [1.807, 2.05) is 168 Å². The number of rotatable bonds is 10. The Kier molecular flexibility index (Phi) is 20.6. The molecule has 13 aromatic rings. The van der Waals surface area contributed by atoms with Crippen molar-refractivity contribution in [2.24, 2.45) is 0 Å². The van der Waals surface area contributed by atoms with Gasteiger partial charge in [0, 0.05) is 67.0 Å². The van der Waals surface area contributed by atoms with Crippen molar-refractivity contribution in [2.45, 2.75) is 52.7 Å². The van der Waals surface area contributed by atoms with Crippen LogP contribution < -0.4 is 21.4 Å². The molecule has 1 saturated heterocycles. The molecule has 14 rings (SSSR count). The summed E-state index contributed by atoms with van der Waals surface area (Å²) < 4.78 is 58.4. The number of benzene rings is 7. The number of nitrogens with one attached hydrogen (secondary N) is 3. The predicted molar refractivity (Wildman–Crippen MR) is 380 cm³/mol. The van der Waals surface area contributed by atoms with Gasteiger partial charge in [-0.15, -0.1) is 30.6 Å². The first-order valence-electron chi connectivity index (χ1n) is 29.6. The first kappa shape index (κ1) is 67.8. The molecule has 0 spiro atoms. The number of carbonyl (C=O) groups is 3. The second kappa shape index (κ2) is 29.2. The number of hydrogen-bond acceptors (Lipinski definition) is 11. The van der Waals surface area contributed by atoms with E-state index in [4.69, 9.17) is 32.5 Å². The number of hydrogen-bond donors (Lipinski definition) is 3. The van der Waals surface area contributed by atoms with Gasteiger partial charge < -0.3 is 25.3 Å². The molecule has 17 nitrogen and oxygen atoms in total. The maximum atomic E-state index is 13.2. The number of halogens is 7. The lowest BCUT2D eigenvalue weighted by Gasteiger charge is -2.32. The molecule has 1 aliphatic heterocycles. The van der Waals surface area contributed by atoms with E-state index in [0.717, 1.165) is 63.9 Å². The molecule has 7 aromatic carbocycles. The fourth-order valence-corrected chi connectivity index (χ4v) is 11.4. The molecule has 96 heavy (non-hydrogen) atoms. The average Bonchev–Trinajstić information content (AvgIpc) is 1.58. The van der Waals surface area contributed by atoms with E-state index in [0.29, 0.717) is 50.3 Å². The molecule has 482 valence electrons. The van der Waals surface area contributed by atoms with Crippen LogP contribution in [0, 0.1) is 34.9 Å². The van der Waals surface area contributed by atoms with Gasteiger partial charge in [0.25, 0.3) is 17.7 Å². The molecular formula is C71H56BBrCl2F3IN12O5. The van der Waals surface area contributed by atoms with E-state index < -0.39 is 18.3 Å². The van der Waals surface area contributed by atoms with Gasteiger partial charge in [0.15, 0.2) is 22.8 Å². The van der Waals surface area contributed by atoms with Gasteiger partial charge in [0.2, 0.25) is 10.6 Å². The van der Waals surface area contributed by atoms with Gasteiger partial charge in [-0.05, 0) is 264 Å². The number of pyridine rings is 3. The van der Waals surface area contributed by atoms with Crippen molar-refractivity contribution in [3.8, 4) is 33.6 Å². The maximum Gasteiger partial charge on any atom is 0.494 e. The summed E-state index contributed by atoms with van der Waals surface area (Å²) in [6.07, 6.45) is 5.51. The summed E-state index contributed by atoms with van der Waals surface area (Å²) in [7, 11) is -0.533. The SMILES string of the molecule is CC1(C)OB(c2ccc(I)c(C(=O)Nc3ccc(F)cc3)c2)OC1(C)C.Cc1ccc(-c2cccn3c(-c4ccccc4)nnc23)cc1C(=O)Nc1ccc(F)cc1.Cc1ccc(-c2cccn3c(Cl)nnc23)cc1C(=O)Nc1ccc(F)cc1.Clc1nnc2c(Br)cccn12.